The molecule has 0 spiro atoms. The summed E-state index contributed by atoms with van der Waals surface area (Å²) in [7, 11) is 0. The molecule has 0 saturated carbocycles. The molecule has 0 aromatic carbocycles. The lowest BCUT2D eigenvalue weighted by Crippen LogP contribution is -2.17. The lowest BCUT2D eigenvalue weighted by molar-refractivity contribution is -0.136. The van der Waals surface area contributed by atoms with Crippen LogP contribution in [0.5, 0.6) is 0 Å². The highest BCUT2D eigenvalue weighted by Crippen LogP contribution is 2.27. The average Bonchev–Trinajstić information content (AvgIpc) is 2.14. The van der Waals surface area contributed by atoms with E-state index in [4.69, 9.17) is 11.5 Å². The molecule has 3 nitrogen and oxygen atoms in total. The van der Waals surface area contributed by atoms with Crippen molar-refractivity contribution in [3.05, 3.63) is 23.9 Å². The van der Waals surface area contributed by atoms with Crippen LogP contribution in [0, 0.1) is 0 Å². The monoisotopic (exact) mass is 255 g/mol. The number of rotatable bonds is 3. The van der Waals surface area contributed by atoms with Gasteiger partial charge in [-0.25, -0.2) is 4.98 Å². The Balaban J connectivity index is 0.00000225. The number of hydrogen-bond acceptors (Lipinski definition) is 3. The van der Waals surface area contributed by atoms with E-state index < -0.39 is 18.6 Å². The predicted octanol–water partition coefficient (Wildman–Crippen LogP) is 2.43. The van der Waals surface area contributed by atoms with Gasteiger partial charge < -0.3 is 11.5 Å². The van der Waals surface area contributed by atoms with Crippen LogP contribution in [-0.4, -0.2) is 11.2 Å². The molecule has 1 atom stereocenters. The molecule has 0 amide bonds. The van der Waals surface area contributed by atoms with E-state index in [9.17, 15) is 13.2 Å². The Morgan fingerprint density at radius 1 is 1.38 bits per heavy atom. The highest BCUT2D eigenvalue weighted by atomic mass is 35.5. The second kappa shape index (κ2) is 5.91. The molecule has 16 heavy (non-hydrogen) atoms. The molecule has 0 radical (unpaired) electrons. The Morgan fingerprint density at radius 3 is 2.50 bits per heavy atom. The molecule has 1 aromatic rings. The lowest BCUT2D eigenvalue weighted by Gasteiger charge is -2.14. The van der Waals surface area contributed by atoms with Crippen molar-refractivity contribution in [3.63, 3.8) is 0 Å². The van der Waals surface area contributed by atoms with Gasteiger partial charge in [-0.3, -0.25) is 0 Å². The second-order valence-electron chi connectivity index (χ2n) is 3.24. The summed E-state index contributed by atoms with van der Waals surface area (Å²) in [5, 5.41) is 0. The van der Waals surface area contributed by atoms with Crippen LogP contribution in [0.3, 0.4) is 0 Å². The molecule has 0 saturated heterocycles. The van der Waals surface area contributed by atoms with Crippen molar-refractivity contribution in [1.82, 2.24) is 4.98 Å². The third-order valence-corrected chi connectivity index (χ3v) is 2.01. The number of aromatic nitrogens is 1. The molecule has 92 valence electrons. The van der Waals surface area contributed by atoms with Crippen molar-refractivity contribution in [2.75, 3.05) is 5.73 Å². The molecule has 0 aliphatic rings. The molecule has 1 rings (SSSR count). The standard InChI is InChI=1S/C9H12F3N3.ClH/c10-9(11,12)4-3-7(13)6-2-1-5-15-8(6)14;/h1-2,5,7H,3-4,13H2,(H2,14,15);1H/t7-;/m0./s1. The Morgan fingerprint density at radius 2 is 2.00 bits per heavy atom. The minimum Gasteiger partial charge on any atom is -0.383 e. The van der Waals surface area contributed by atoms with Crippen molar-refractivity contribution >= 4 is 18.2 Å². The average molecular weight is 256 g/mol. The third kappa shape index (κ3) is 4.67. The van der Waals surface area contributed by atoms with Gasteiger partial charge in [-0.1, -0.05) is 6.07 Å². The maximum Gasteiger partial charge on any atom is 0.389 e. The number of anilines is 1. The van der Waals surface area contributed by atoms with Gasteiger partial charge in [-0.05, 0) is 12.5 Å². The Labute approximate surface area is 97.4 Å². The smallest absolute Gasteiger partial charge is 0.383 e. The number of halogens is 4. The number of nitrogens with two attached hydrogens (primary N) is 2. The van der Waals surface area contributed by atoms with Gasteiger partial charge in [0.25, 0.3) is 0 Å². The van der Waals surface area contributed by atoms with Crippen LogP contribution in [0.15, 0.2) is 18.3 Å². The fraction of sp³-hybridized carbons (Fsp3) is 0.444. The summed E-state index contributed by atoms with van der Waals surface area (Å²) in [5.41, 5.74) is 11.5. The van der Waals surface area contributed by atoms with E-state index in [2.05, 4.69) is 4.98 Å². The van der Waals surface area contributed by atoms with Crippen molar-refractivity contribution in [1.29, 1.82) is 0 Å². The van der Waals surface area contributed by atoms with Crippen LogP contribution >= 0.6 is 12.4 Å². The fourth-order valence-electron chi connectivity index (χ4n) is 1.22. The van der Waals surface area contributed by atoms with Crippen molar-refractivity contribution < 1.29 is 13.2 Å². The van der Waals surface area contributed by atoms with Gasteiger partial charge >= 0.3 is 6.18 Å². The van der Waals surface area contributed by atoms with Crippen LogP contribution in [0.1, 0.15) is 24.4 Å². The summed E-state index contributed by atoms with van der Waals surface area (Å²) in [4.78, 5) is 3.76. The molecule has 4 N–H and O–H groups in total. The summed E-state index contributed by atoms with van der Waals surface area (Å²) < 4.78 is 35.8. The van der Waals surface area contributed by atoms with Gasteiger partial charge in [0, 0.05) is 24.2 Å². The van der Waals surface area contributed by atoms with E-state index in [0.29, 0.717) is 5.56 Å². The molecule has 1 aromatic heterocycles. The maximum absolute atomic E-state index is 11.9. The summed E-state index contributed by atoms with van der Waals surface area (Å²) in [6, 6.07) is 2.46. The Hall–Kier alpha value is -1.01. The van der Waals surface area contributed by atoms with E-state index in [-0.39, 0.29) is 24.6 Å². The molecular formula is C9H13ClF3N3. The number of alkyl halides is 3. The van der Waals surface area contributed by atoms with E-state index in [1.54, 1.807) is 12.1 Å². The SMILES string of the molecule is Cl.Nc1ncccc1[C@@H](N)CCC(F)(F)F. The van der Waals surface area contributed by atoms with Crippen molar-refractivity contribution in [2.45, 2.75) is 25.1 Å². The highest BCUT2D eigenvalue weighted by Gasteiger charge is 2.28. The van der Waals surface area contributed by atoms with Crippen LogP contribution in [0.2, 0.25) is 0 Å². The van der Waals surface area contributed by atoms with Crippen molar-refractivity contribution in [3.8, 4) is 0 Å². The van der Waals surface area contributed by atoms with Gasteiger partial charge in [-0.2, -0.15) is 13.2 Å². The van der Waals surface area contributed by atoms with Crippen molar-refractivity contribution in [2.24, 2.45) is 5.73 Å². The fourth-order valence-corrected chi connectivity index (χ4v) is 1.22. The maximum atomic E-state index is 11.9. The van der Waals surface area contributed by atoms with Crippen LogP contribution in [0.25, 0.3) is 0 Å². The zero-order valence-corrected chi connectivity index (χ0v) is 9.18. The third-order valence-electron chi connectivity index (χ3n) is 2.01. The Bertz CT molecular complexity index is 330. The largest absolute Gasteiger partial charge is 0.389 e. The number of pyridine rings is 1. The van der Waals surface area contributed by atoms with E-state index in [1.807, 2.05) is 0 Å². The van der Waals surface area contributed by atoms with Gasteiger partial charge in [-0.15, -0.1) is 12.4 Å². The normalized spacial score (nSPS) is 13.0. The second-order valence-corrected chi connectivity index (χ2v) is 3.24. The summed E-state index contributed by atoms with van der Waals surface area (Å²) in [6.45, 7) is 0. The lowest BCUT2D eigenvalue weighted by atomic mass is 10.0. The first-order valence-electron chi connectivity index (χ1n) is 4.43. The predicted molar refractivity (Wildman–Crippen MR) is 58.1 cm³/mol. The molecule has 0 aliphatic heterocycles. The first-order chi connectivity index (χ1) is 6.90. The minimum atomic E-state index is -4.19. The molecule has 0 bridgehead atoms. The quantitative estimate of drug-likeness (QED) is 0.872. The number of nitrogen functional groups attached to an aromatic ring is 1. The van der Waals surface area contributed by atoms with Crippen LogP contribution < -0.4 is 11.5 Å². The minimum absolute atomic E-state index is 0. The van der Waals surface area contributed by atoms with E-state index >= 15 is 0 Å². The molecule has 0 aliphatic carbocycles. The Kier molecular flexibility index (Phi) is 5.53. The van der Waals surface area contributed by atoms with Gasteiger partial charge in [0.1, 0.15) is 5.82 Å². The molecular weight excluding hydrogens is 243 g/mol. The first-order valence-corrected chi connectivity index (χ1v) is 4.43. The molecule has 1 heterocycles. The molecule has 7 heteroatoms. The molecule has 0 unspecified atom stereocenters. The van der Waals surface area contributed by atoms with Crippen LogP contribution in [0.4, 0.5) is 19.0 Å². The van der Waals surface area contributed by atoms with Gasteiger partial charge in [0.2, 0.25) is 0 Å². The van der Waals surface area contributed by atoms with Crippen LogP contribution in [-0.2, 0) is 0 Å². The van der Waals surface area contributed by atoms with Gasteiger partial charge in [0.15, 0.2) is 0 Å². The zero-order chi connectivity index (χ0) is 11.5. The number of hydrogen-bond donors (Lipinski definition) is 2. The summed E-state index contributed by atoms with van der Waals surface area (Å²) in [5.74, 6) is 0.187. The first kappa shape index (κ1) is 15.0. The zero-order valence-electron chi connectivity index (χ0n) is 8.37. The summed E-state index contributed by atoms with van der Waals surface area (Å²) in [6.07, 6.45) is -3.81. The number of nitrogens with zero attached hydrogens (tertiary/aromatic N) is 1. The molecule has 0 fully saturated rings. The summed E-state index contributed by atoms with van der Waals surface area (Å²) >= 11 is 0. The topological polar surface area (TPSA) is 64.9 Å². The van der Waals surface area contributed by atoms with E-state index in [1.165, 1.54) is 6.20 Å². The van der Waals surface area contributed by atoms with Gasteiger partial charge in [0.05, 0.1) is 0 Å². The van der Waals surface area contributed by atoms with E-state index in [0.717, 1.165) is 0 Å². The highest BCUT2D eigenvalue weighted by molar-refractivity contribution is 5.85.